The van der Waals surface area contributed by atoms with E-state index in [1.165, 1.54) is 22.8 Å². The summed E-state index contributed by atoms with van der Waals surface area (Å²) in [4.78, 5) is 123. The van der Waals surface area contributed by atoms with Crippen molar-refractivity contribution in [3.05, 3.63) is 152 Å². The number of hydrogen-bond donors (Lipinski definition) is 7. The highest BCUT2D eigenvalue weighted by atomic mass is 19.1. The highest BCUT2D eigenvalue weighted by Crippen LogP contribution is 2.50. The van der Waals surface area contributed by atoms with Gasteiger partial charge >= 0.3 is 0 Å². The van der Waals surface area contributed by atoms with Gasteiger partial charge in [-0.25, -0.2) is 14.3 Å². The van der Waals surface area contributed by atoms with E-state index in [9.17, 15) is 52.6 Å². The Labute approximate surface area is 432 Å². The quantitative estimate of drug-likeness (QED) is 0.0371. The van der Waals surface area contributed by atoms with Crippen LogP contribution in [0.2, 0.25) is 0 Å². The molecule has 0 spiro atoms. The van der Waals surface area contributed by atoms with Crippen LogP contribution in [0.4, 0.5) is 10.1 Å². The molecule has 5 heterocycles. The van der Waals surface area contributed by atoms with Gasteiger partial charge in [-0.2, -0.15) is 0 Å². The lowest BCUT2D eigenvalue weighted by molar-refractivity contribution is -0.131. The predicted molar refractivity (Wildman–Crippen MR) is 270 cm³/mol. The maximum Gasteiger partial charge on any atom is 0.258 e. The minimum atomic E-state index is -1.64. The molecule has 9 rings (SSSR count). The molecule has 0 saturated carbocycles. The minimum absolute atomic E-state index is 0.0137. The average molecular weight is 1040 g/mol. The Balaban J connectivity index is 0.768. The zero-order chi connectivity index (χ0) is 54.2. The number of carbonyl (C=O) groups is 8. The number of aromatic nitrogens is 2. The standard InChI is InChI=1S/C54H52FN9O12/c1-5-54(74)29(4)76-24-35-36(54)19-41-49-48-34(33-15-28(3)37(55)20-38(33)62-49)18-39(50(48)64(41)53(35)73)60-45(68)25-75-26-59-43(66)22-58-52(72)40(16-30-9-7-6-8-10-30)61-44(67)23-56-42(65)21-57-51(71)31-13-27(2)14-32(17-31)63-46(69)11-12-47(63)70/h6-15,17,19-20,39-40,50,74H,4-5,16,18,21-26H2,1-3H3,(H,56,65)(H,57,71)(H,58,72)(H,59,66)(H,60,68)(H,61,67)/t39-,40-,50?,54+/m0/s1. The van der Waals surface area contributed by atoms with E-state index in [0.717, 1.165) is 22.6 Å². The zero-order valence-corrected chi connectivity index (χ0v) is 41.5. The monoisotopic (exact) mass is 1040 g/mol. The van der Waals surface area contributed by atoms with Gasteiger partial charge in [0, 0.05) is 46.7 Å². The molecule has 4 atom stereocenters. The number of amides is 8. The Morgan fingerprint density at radius 3 is 2.33 bits per heavy atom. The van der Waals surface area contributed by atoms with Crippen LogP contribution in [-0.4, -0.2) is 107 Å². The predicted octanol–water partition coefficient (Wildman–Crippen LogP) is 1.31. The molecule has 2 aromatic heterocycles. The first-order valence-electron chi connectivity index (χ1n) is 24.3. The summed E-state index contributed by atoms with van der Waals surface area (Å²) in [5.74, 6) is -5.64. The highest BCUT2D eigenvalue weighted by Gasteiger charge is 2.48. The van der Waals surface area contributed by atoms with Crippen LogP contribution in [0.25, 0.3) is 22.3 Å². The number of rotatable bonds is 18. The molecule has 7 N–H and O–H groups in total. The van der Waals surface area contributed by atoms with Crippen molar-refractivity contribution in [3.8, 4) is 11.4 Å². The molecule has 0 radical (unpaired) electrons. The maximum atomic E-state index is 14.9. The molecule has 4 aliphatic rings. The highest BCUT2D eigenvalue weighted by molar-refractivity contribution is 6.28. The van der Waals surface area contributed by atoms with Crippen LogP contribution in [0.1, 0.15) is 68.7 Å². The SMILES string of the molecule is C=C1OCc2c(cc3n(c2=O)C2c4c-3nc3cc(F)c(C)cc3c4C[C@@H]2NC(=O)COCNC(=O)CNC(=O)[C@H](Cc2ccccc2)NC(=O)CNC(=O)CNC(=O)c2cc(C)cc(N3C(=O)C=CC3=O)c2)[C@@]1(O)CC. The number of aryl methyl sites for hydroxylation is 2. The zero-order valence-electron chi connectivity index (χ0n) is 41.5. The van der Waals surface area contributed by atoms with Crippen LogP contribution in [0.3, 0.4) is 0 Å². The average Bonchev–Trinajstić information content (AvgIpc) is 4.09. The fraction of sp³-hybridized carbons (Fsp3) is 0.296. The van der Waals surface area contributed by atoms with Gasteiger partial charge < -0.3 is 46.5 Å². The van der Waals surface area contributed by atoms with Crippen LogP contribution in [0.5, 0.6) is 0 Å². The van der Waals surface area contributed by atoms with Crippen LogP contribution in [-0.2, 0) is 68.1 Å². The maximum absolute atomic E-state index is 14.9. The minimum Gasteiger partial charge on any atom is -0.490 e. The number of fused-ring (bicyclic) bond motifs is 6. The Hall–Kier alpha value is -8.89. The number of halogens is 1. The van der Waals surface area contributed by atoms with Crippen molar-refractivity contribution in [1.82, 2.24) is 41.5 Å². The third-order valence-electron chi connectivity index (χ3n) is 13.7. The van der Waals surface area contributed by atoms with Gasteiger partial charge in [0.1, 0.15) is 43.2 Å². The molecule has 0 fully saturated rings. The Bertz CT molecular complexity index is 3400. The molecule has 0 saturated heterocycles. The summed E-state index contributed by atoms with van der Waals surface area (Å²) in [7, 11) is 0. The molecule has 22 heteroatoms. The number of nitrogens with one attached hydrogen (secondary N) is 6. The van der Waals surface area contributed by atoms with Gasteiger partial charge in [0.2, 0.25) is 29.5 Å². The van der Waals surface area contributed by atoms with E-state index in [-0.39, 0.29) is 48.4 Å². The van der Waals surface area contributed by atoms with Crippen molar-refractivity contribution in [2.24, 2.45) is 0 Å². The third-order valence-corrected chi connectivity index (χ3v) is 13.7. The summed E-state index contributed by atoms with van der Waals surface area (Å²) in [5, 5.41) is 27.6. The van der Waals surface area contributed by atoms with Crippen LogP contribution in [0, 0.1) is 19.7 Å². The van der Waals surface area contributed by atoms with Crippen molar-refractivity contribution in [2.75, 3.05) is 37.9 Å². The molecule has 3 aliphatic heterocycles. The van der Waals surface area contributed by atoms with E-state index in [1.54, 1.807) is 69.3 Å². The van der Waals surface area contributed by atoms with Gasteiger partial charge in [-0.1, -0.05) is 43.8 Å². The van der Waals surface area contributed by atoms with Crippen LogP contribution >= 0.6 is 0 Å². The Morgan fingerprint density at radius 1 is 0.882 bits per heavy atom. The lowest BCUT2D eigenvalue weighted by Gasteiger charge is -2.36. The van der Waals surface area contributed by atoms with Crippen LogP contribution < -0.4 is 42.4 Å². The first-order chi connectivity index (χ1) is 36.3. The number of pyridine rings is 2. The molecule has 1 unspecified atom stereocenters. The molecule has 5 aromatic rings. The number of aliphatic hydroxyl groups is 1. The molecule has 3 aromatic carbocycles. The van der Waals surface area contributed by atoms with Gasteiger partial charge in [-0.3, -0.25) is 47.7 Å². The van der Waals surface area contributed by atoms with E-state index in [4.69, 9.17) is 14.5 Å². The molecular weight excluding hydrogens is 986 g/mol. The second-order valence-electron chi connectivity index (χ2n) is 18.8. The number of carbonyl (C=O) groups excluding carboxylic acids is 8. The Morgan fingerprint density at radius 2 is 1.59 bits per heavy atom. The number of nitrogens with zero attached hydrogens (tertiary/aromatic N) is 3. The summed E-state index contributed by atoms with van der Waals surface area (Å²) in [6.45, 7) is 6.20. The summed E-state index contributed by atoms with van der Waals surface area (Å²) in [6, 6.07) is 15.2. The Kier molecular flexibility index (Phi) is 14.5. The summed E-state index contributed by atoms with van der Waals surface area (Å²) in [5.41, 5.74) is 3.07. The van der Waals surface area contributed by atoms with Crippen molar-refractivity contribution in [1.29, 1.82) is 0 Å². The largest absolute Gasteiger partial charge is 0.490 e. The first kappa shape index (κ1) is 52.0. The van der Waals surface area contributed by atoms with E-state index in [0.29, 0.717) is 50.1 Å². The molecule has 21 nitrogen and oxygen atoms in total. The van der Waals surface area contributed by atoms with Gasteiger partial charge in [0.25, 0.3) is 23.3 Å². The lowest BCUT2D eigenvalue weighted by Crippen LogP contribution is -2.52. The smallest absolute Gasteiger partial charge is 0.258 e. The van der Waals surface area contributed by atoms with E-state index >= 15 is 0 Å². The second kappa shape index (κ2) is 21.2. The number of ether oxygens (including phenoxy) is 2. The molecule has 1 aliphatic carbocycles. The summed E-state index contributed by atoms with van der Waals surface area (Å²) >= 11 is 0. The van der Waals surface area contributed by atoms with Gasteiger partial charge in [-0.05, 0) is 79.3 Å². The fourth-order valence-corrected chi connectivity index (χ4v) is 9.99. The molecule has 76 heavy (non-hydrogen) atoms. The molecule has 0 bridgehead atoms. The van der Waals surface area contributed by atoms with Crippen molar-refractivity contribution >= 4 is 63.8 Å². The van der Waals surface area contributed by atoms with E-state index in [1.807, 2.05) is 0 Å². The number of imide groups is 1. The van der Waals surface area contributed by atoms with E-state index < -0.39 is 115 Å². The summed E-state index contributed by atoms with van der Waals surface area (Å²) in [6.07, 6.45) is 2.68. The first-order valence-corrected chi connectivity index (χ1v) is 24.3. The number of hydrogen-bond acceptors (Lipinski definition) is 13. The molecule has 392 valence electrons. The van der Waals surface area contributed by atoms with Gasteiger partial charge in [0.15, 0.2) is 0 Å². The number of benzene rings is 3. The third kappa shape index (κ3) is 10.2. The van der Waals surface area contributed by atoms with Gasteiger partial charge in [-0.15, -0.1) is 0 Å². The van der Waals surface area contributed by atoms with Gasteiger partial charge in [0.05, 0.1) is 59.9 Å². The van der Waals surface area contributed by atoms with Crippen molar-refractivity contribution < 1.29 is 57.3 Å². The topological polar surface area (TPSA) is 286 Å². The number of anilines is 1. The summed E-state index contributed by atoms with van der Waals surface area (Å²) < 4.78 is 27.7. The van der Waals surface area contributed by atoms with Crippen LogP contribution in [0.15, 0.2) is 96.0 Å². The lowest BCUT2D eigenvalue weighted by atomic mass is 9.84. The molecule has 8 amide bonds. The van der Waals surface area contributed by atoms with Crippen molar-refractivity contribution in [2.45, 2.75) is 70.4 Å². The van der Waals surface area contributed by atoms with Crippen molar-refractivity contribution in [3.63, 3.8) is 0 Å². The molecular formula is C54H52FN9O12. The normalized spacial score (nSPS) is 18.1. The van der Waals surface area contributed by atoms with E-state index in [2.05, 4.69) is 38.5 Å². The fourth-order valence-electron chi connectivity index (χ4n) is 9.99. The second-order valence-corrected chi connectivity index (χ2v) is 18.8.